The van der Waals surface area contributed by atoms with Crippen molar-refractivity contribution >= 4 is 11.9 Å². The standard InChI is InChI=1S/C13H17N3O3/c1-16-8-9(7-15-16)6-14-12(17)10-4-2-3-5-11(10)13(18)19/h2-3,7-8,10-11H,4-6H2,1H3,(H,14,17)(H,18,19)/t10-,11+/m0/s1. The Bertz CT molecular complexity index is 507. The molecule has 1 aromatic rings. The molecular formula is C13H17N3O3. The van der Waals surface area contributed by atoms with E-state index in [1.54, 1.807) is 17.9 Å². The van der Waals surface area contributed by atoms with Crippen molar-refractivity contribution in [3.63, 3.8) is 0 Å². The molecule has 0 radical (unpaired) electrons. The van der Waals surface area contributed by atoms with Crippen molar-refractivity contribution in [2.75, 3.05) is 0 Å². The lowest BCUT2D eigenvalue weighted by molar-refractivity contribution is -0.147. The van der Waals surface area contributed by atoms with Crippen LogP contribution in [0.15, 0.2) is 24.5 Å². The first-order valence-corrected chi connectivity index (χ1v) is 6.21. The van der Waals surface area contributed by atoms with E-state index in [9.17, 15) is 9.59 Å². The van der Waals surface area contributed by atoms with Gasteiger partial charge in [0.05, 0.1) is 18.0 Å². The van der Waals surface area contributed by atoms with Crippen LogP contribution in [0.5, 0.6) is 0 Å². The summed E-state index contributed by atoms with van der Waals surface area (Å²) in [5.41, 5.74) is 0.897. The maximum atomic E-state index is 12.1. The van der Waals surface area contributed by atoms with E-state index in [0.717, 1.165) is 5.56 Å². The van der Waals surface area contributed by atoms with Gasteiger partial charge in [0, 0.05) is 25.4 Å². The third kappa shape index (κ3) is 3.21. The number of nitrogens with zero attached hydrogens (tertiary/aromatic N) is 2. The molecule has 6 nitrogen and oxygen atoms in total. The molecule has 0 bridgehead atoms. The minimum Gasteiger partial charge on any atom is -0.481 e. The van der Waals surface area contributed by atoms with Crippen molar-refractivity contribution in [2.24, 2.45) is 18.9 Å². The van der Waals surface area contributed by atoms with E-state index in [0.29, 0.717) is 19.4 Å². The van der Waals surface area contributed by atoms with Gasteiger partial charge < -0.3 is 10.4 Å². The fourth-order valence-electron chi connectivity index (χ4n) is 2.26. The lowest BCUT2D eigenvalue weighted by atomic mass is 9.82. The van der Waals surface area contributed by atoms with Gasteiger partial charge in [-0.2, -0.15) is 5.10 Å². The van der Waals surface area contributed by atoms with E-state index >= 15 is 0 Å². The Balaban J connectivity index is 1.95. The Morgan fingerprint density at radius 2 is 2.11 bits per heavy atom. The third-order valence-corrected chi connectivity index (χ3v) is 3.31. The lowest BCUT2D eigenvalue weighted by Gasteiger charge is -2.24. The Morgan fingerprint density at radius 3 is 2.68 bits per heavy atom. The van der Waals surface area contributed by atoms with Gasteiger partial charge in [-0.3, -0.25) is 14.3 Å². The van der Waals surface area contributed by atoms with Crippen LogP contribution in [0.25, 0.3) is 0 Å². The summed E-state index contributed by atoms with van der Waals surface area (Å²) in [5.74, 6) is -2.23. The molecule has 2 atom stereocenters. The van der Waals surface area contributed by atoms with E-state index < -0.39 is 17.8 Å². The van der Waals surface area contributed by atoms with E-state index in [1.807, 2.05) is 18.3 Å². The SMILES string of the molecule is Cn1cc(CNC(=O)[C@H]2CC=CC[C@H]2C(=O)O)cn1. The summed E-state index contributed by atoms with van der Waals surface area (Å²) in [4.78, 5) is 23.2. The number of aromatic nitrogens is 2. The number of hydrogen-bond donors (Lipinski definition) is 2. The normalized spacial score (nSPS) is 22.2. The quantitative estimate of drug-likeness (QED) is 0.783. The largest absolute Gasteiger partial charge is 0.481 e. The van der Waals surface area contributed by atoms with Crippen LogP contribution in [0.3, 0.4) is 0 Å². The minimum atomic E-state index is -0.911. The van der Waals surface area contributed by atoms with Crippen LogP contribution in [-0.4, -0.2) is 26.8 Å². The summed E-state index contributed by atoms with van der Waals surface area (Å²) < 4.78 is 1.66. The number of aliphatic carboxylic acids is 1. The van der Waals surface area contributed by atoms with Crippen molar-refractivity contribution in [2.45, 2.75) is 19.4 Å². The van der Waals surface area contributed by atoms with Crippen LogP contribution < -0.4 is 5.32 Å². The van der Waals surface area contributed by atoms with Crippen molar-refractivity contribution in [1.82, 2.24) is 15.1 Å². The second-order valence-electron chi connectivity index (χ2n) is 4.73. The number of carbonyl (C=O) groups excluding carboxylic acids is 1. The number of nitrogens with one attached hydrogen (secondary N) is 1. The molecular weight excluding hydrogens is 246 g/mol. The van der Waals surface area contributed by atoms with Crippen molar-refractivity contribution in [3.8, 4) is 0 Å². The molecule has 0 spiro atoms. The van der Waals surface area contributed by atoms with Crippen molar-refractivity contribution < 1.29 is 14.7 Å². The van der Waals surface area contributed by atoms with Gasteiger partial charge in [0.15, 0.2) is 0 Å². The molecule has 1 aliphatic carbocycles. The first-order valence-electron chi connectivity index (χ1n) is 6.21. The van der Waals surface area contributed by atoms with Crippen LogP contribution in [0.2, 0.25) is 0 Å². The summed E-state index contributed by atoms with van der Waals surface area (Å²) in [6, 6.07) is 0. The van der Waals surface area contributed by atoms with Crippen molar-refractivity contribution in [1.29, 1.82) is 0 Å². The number of allylic oxidation sites excluding steroid dienone is 2. The highest BCUT2D eigenvalue weighted by atomic mass is 16.4. The number of carboxylic acid groups (broad SMARTS) is 1. The highest BCUT2D eigenvalue weighted by molar-refractivity contribution is 5.85. The van der Waals surface area contributed by atoms with Gasteiger partial charge in [0.25, 0.3) is 0 Å². The Kier molecular flexibility index (Phi) is 3.99. The molecule has 2 N–H and O–H groups in total. The first-order chi connectivity index (χ1) is 9.08. The fourth-order valence-corrected chi connectivity index (χ4v) is 2.26. The van der Waals surface area contributed by atoms with Gasteiger partial charge in [0.1, 0.15) is 0 Å². The van der Waals surface area contributed by atoms with Crippen LogP contribution in [0.4, 0.5) is 0 Å². The minimum absolute atomic E-state index is 0.208. The first kappa shape index (κ1) is 13.3. The van der Waals surface area contributed by atoms with E-state index in [2.05, 4.69) is 10.4 Å². The number of amides is 1. The van der Waals surface area contributed by atoms with E-state index in [-0.39, 0.29) is 5.91 Å². The molecule has 19 heavy (non-hydrogen) atoms. The van der Waals surface area contributed by atoms with Gasteiger partial charge in [-0.15, -0.1) is 0 Å². The second kappa shape index (κ2) is 5.69. The molecule has 0 saturated heterocycles. The van der Waals surface area contributed by atoms with Crippen molar-refractivity contribution in [3.05, 3.63) is 30.1 Å². The van der Waals surface area contributed by atoms with Gasteiger partial charge in [-0.1, -0.05) is 12.2 Å². The molecule has 1 aliphatic rings. The van der Waals surface area contributed by atoms with E-state index in [4.69, 9.17) is 5.11 Å². The predicted octanol–water partition coefficient (Wildman–Crippen LogP) is 0.703. The molecule has 1 aromatic heterocycles. The molecule has 0 aliphatic heterocycles. The Morgan fingerprint density at radius 1 is 1.42 bits per heavy atom. The van der Waals surface area contributed by atoms with E-state index in [1.165, 1.54) is 0 Å². The Labute approximate surface area is 111 Å². The molecule has 1 heterocycles. The zero-order valence-corrected chi connectivity index (χ0v) is 10.7. The van der Waals surface area contributed by atoms with Crippen LogP contribution >= 0.6 is 0 Å². The third-order valence-electron chi connectivity index (χ3n) is 3.31. The highest BCUT2D eigenvalue weighted by Crippen LogP contribution is 2.26. The summed E-state index contributed by atoms with van der Waals surface area (Å²) in [6.07, 6.45) is 8.08. The van der Waals surface area contributed by atoms with Gasteiger partial charge in [-0.05, 0) is 12.8 Å². The molecule has 0 unspecified atom stereocenters. The maximum absolute atomic E-state index is 12.1. The van der Waals surface area contributed by atoms with Gasteiger partial charge in [0.2, 0.25) is 5.91 Å². The smallest absolute Gasteiger partial charge is 0.307 e. The lowest BCUT2D eigenvalue weighted by Crippen LogP contribution is -2.38. The zero-order valence-electron chi connectivity index (χ0n) is 10.7. The average molecular weight is 263 g/mol. The van der Waals surface area contributed by atoms with Crippen LogP contribution in [0.1, 0.15) is 18.4 Å². The molecule has 102 valence electrons. The molecule has 0 aromatic carbocycles. The molecule has 6 heteroatoms. The van der Waals surface area contributed by atoms with Crippen LogP contribution in [0, 0.1) is 11.8 Å². The fraction of sp³-hybridized carbons (Fsp3) is 0.462. The number of carboxylic acids is 1. The maximum Gasteiger partial charge on any atom is 0.307 e. The number of hydrogen-bond acceptors (Lipinski definition) is 3. The Hall–Kier alpha value is -2.11. The van der Waals surface area contributed by atoms with Gasteiger partial charge >= 0.3 is 5.97 Å². The summed E-state index contributed by atoms with van der Waals surface area (Å²) in [7, 11) is 1.80. The molecule has 1 amide bonds. The highest BCUT2D eigenvalue weighted by Gasteiger charge is 2.33. The number of carbonyl (C=O) groups is 2. The number of rotatable bonds is 4. The predicted molar refractivity (Wildman–Crippen MR) is 68.0 cm³/mol. The topological polar surface area (TPSA) is 84.2 Å². The number of aryl methyl sites for hydroxylation is 1. The molecule has 2 rings (SSSR count). The zero-order chi connectivity index (χ0) is 13.8. The van der Waals surface area contributed by atoms with Gasteiger partial charge in [-0.25, -0.2) is 0 Å². The summed E-state index contributed by atoms with van der Waals surface area (Å²) in [5, 5.41) is 15.9. The second-order valence-corrected chi connectivity index (χ2v) is 4.73. The summed E-state index contributed by atoms with van der Waals surface area (Å²) >= 11 is 0. The van der Waals surface area contributed by atoms with Crippen LogP contribution in [-0.2, 0) is 23.2 Å². The molecule has 0 saturated carbocycles. The molecule has 0 fully saturated rings. The monoisotopic (exact) mass is 263 g/mol. The average Bonchev–Trinajstić information content (AvgIpc) is 2.81. The summed E-state index contributed by atoms with van der Waals surface area (Å²) in [6.45, 7) is 0.374.